The first-order valence-corrected chi connectivity index (χ1v) is 6.16. The normalized spacial score (nSPS) is 25.8. The van der Waals surface area contributed by atoms with E-state index in [-0.39, 0.29) is 18.0 Å². The summed E-state index contributed by atoms with van der Waals surface area (Å²) in [6.07, 6.45) is 1.63. The fourth-order valence-electron chi connectivity index (χ4n) is 2.20. The molecule has 2 amide bonds. The molecule has 5 heteroatoms. The van der Waals surface area contributed by atoms with Crippen LogP contribution in [0.4, 0.5) is 4.79 Å². The zero-order chi connectivity index (χ0) is 13.2. The largest absolute Gasteiger partial charge is 0.480 e. The first-order chi connectivity index (χ1) is 7.90. The van der Waals surface area contributed by atoms with Gasteiger partial charge in [0.05, 0.1) is 0 Å². The minimum absolute atomic E-state index is 0.0294. The molecule has 1 aliphatic rings. The number of carboxylic acids is 1. The number of urea groups is 1. The summed E-state index contributed by atoms with van der Waals surface area (Å²) in [5.74, 6) is -0.873. The van der Waals surface area contributed by atoms with Gasteiger partial charge in [0.1, 0.15) is 6.04 Å². The average Bonchev–Trinajstić information content (AvgIpc) is 2.68. The third-order valence-electron chi connectivity index (χ3n) is 3.75. The lowest BCUT2D eigenvalue weighted by atomic mass is 10.0. The van der Waals surface area contributed by atoms with Gasteiger partial charge in [-0.3, -0.25) is 0 Å². The molecule has 0 aromatic rings. The summed E-state index contributed by atoms with van der Waals surface area (Å²) in [5.41, 5.74) is 0. The summed E-state index contributed by atoms with van der Waals surface area (Å²) in [4.78, 5) is 26.5. The van der Waals surface area contributed by atoms with Crippen LogP contribution in [-0.2, 0) is 4.79 Å². The molecule has 5 nitrogen and oxygen atoms in total. The molecule has 3 unspecified atom stereocenters. The lowest BCUT2D eigenvalue weighted by Gasteiger charge is -2.31. The molecule has 0 bridgehead atoms. The summed E-state index contributed by atoms with van der Waals surface area (Å²) < 4.78 is 0. The predicted molar refractivity (Wildman–Crippen MR) is 64.8 cm³/mol. The van der Waals surface area contributed by atoms with Gasteiger partial charge in [-0.05, 0) is 25.7 Å². The fourth-order valence-corrected chi connectivity index (χ4v) is 2.20. The quantitative estimate of drug-likeness (QED) is 0.818. The molecule has 3 atom stereocenters. The van der Waals surface area contributed by atoms with Gasteiger partial charge in [-0.25, -0.2) is 9.59 Å². The summed E-state index contributed by atoms with van der Waals surface area (Å²) in [6.45, 7) is 6.40. The van der Waals surface area contributed by atoms with Crippen LogP contribution >= 0.6 is 0 Å². The molecule has 1 heterocycles. The molecule has 0 radical (unpaired) electrons. The monoisotopic (exact) mass is 242 g/mol. The molecule has 0 aromatic heterocycles. The average molecular weight is 242 g/mol. The van der Waals surface area contributed by atoms with Crippen LogP contribution in [0.1, 0.15) is 33.6 Å². The number of carbonyl (C=O) groups is 2. The van der Waals surface area contributed by atoms with E-state index in [0.29, 0.717) is 6.54 Å². The Morgan fingerprint density at radius 3 is 2.59 bits per heavy atom. The number of rotatable bonds is 3. The maximum Gasteiger partial charge on any atom is 0.326 e. The predicted octanol–water partition coefficient (Wildman–Crippen LogP) is 1.63. The van der Waals surface area contributed by atoms with E-state index >= 15 is 0 Å². The Morgan fingerprint density at radius 1 is 1.53 bits per heavy atom. The van der Waals surface area contributed by atoms with E-state index in [4.69, 9.17) is 5.11 Å². The summed E-state index contributed by atoms with van der Waals surface area (Å²) in [5, 5.41) is 9.17. The lowest BCUT2D eigenvalue weighted by molar-refractivity contribution is -0.142. The highest BCUT2D eigenvalue weighted by atomic mass is 16.4. The van der Waals surface area contributed by atoms with Crippen molar-refractivity contribution < 1.29 is 14.7 Å². The Kier molecular flexibility index (Phi) is 4.37. The Hall–Kier alpha value is -1.26. The number of carbonyl (C=O) groups excluding carboxylic acids is 1. The molecular weight excluding hydrogens is 220 g/mol. The Bertz CT molecular complexity index is 306. The molecule has 1 aliphatic heterocycles. The van der Waals surface area contributed by atoms with E-state index in [2.05, 4.69) is 0 Å². The number of hydrogen-bond donors (Lipinski definition) is 1. The maximum absolute atomic E-state index is 12.2. The highest BCUT2D eigenvalue weighted by Gasteiger charge is 2.40. The minimum Gasteiger partial charge on any atom is -0.480 e. The fraction of sp³-hybridized carbons (Fsp3) is 0.833. The van der Waals surface area contributed by atoms with Gasteiger partial charge in [0.2, 0.25) is 0 Å². The van der Waals surface area contributed by atoms with Crippen LogP contribution < -0.4 is 0 Å². The number of nitrogens with zero attached hydrogens (tertiary/aromatic N) is 2. The van der Waals surface area contributed by atoms with Gasteiger partial charge < -0.3 is 14.9 Å². The Balaban J connectivity index is 2.78. The molecule has 98 valence electrons. The van der Waals surface area contributed by atoms with E-state index < -0.39 is 12.0 Å². The number of amides is 2. The standard InChI is InChI=1S/C12H22N2O3/c1-5-9(3)13(4)12(17)14-7-6-8(2)10(14)11(15)16/h8-10H,5-7H2,1-4H3,(H,15,16). The highest BCUT2D eigenvalue weighted by Crippen LogP contribution is 2.25. The summed E-state index contributed by atoms with van der Waals surface area (Å²) in [7, 11) is 1.73. The van der Waals surface area contributed by atoms with Crippen LogP contribution in [0.2, 0.25) is 0 Å². The second-order valence-electron chi connectivity index (χ2n) is 4.89. The summed E-state index contributed by atoms with van der Waals surface area (Å²) >= 11 is 0. The third-order valence-corrected chi connectivity index (χ3v) is 3.75. The maximum atomic E-state index is 12.2. The van der Waals surface area contributed by atoms with E-state index in [9.17, 15) is 9.59 Å². The smallest absolute Gasteiger partial charge is 0.326 e. The third kappa shape index (κ3) is 2.70. The van der Waals surface area contributed by atoms with Crippen LogP contribution in [0.25, 0.3) is 0 Å². The molecule has 0 spiro atoms. The first-order valence-electron chi connectivity index (χ1n) is 6.16. The second kappa shape index (κ2) is 5.38. The second-order valence-corrected chi connectivity index (χ2v) is 4.89. The highest BCUT2D eigenvalue weighted by molar-refractivity contribution is 5.83. The van der Waals surface area contributed by atoms with Crippen LogP contribution in [0.5, 0.6) is 0 Å². The molecule has 0 saturated carbocycles. The Labute approximate surface area is 102 Å². The van der Waals surface area contributed by atoms with E-state index in [1.165, 1.54) is 4.90 Å². The van der Waals surface area contributed by atoms with Crippen LogP contribution in [-0.4, -0.2) is 52.6 Å². The lowest BCUT2D eigenvalue weighted by Crippen LogP contribution is -2.50. The molecule has 0 aromatic carbocycles. The van der Waals surface area contributed by atoms with Crippen molar-refractivity contribution in [3.05, 3.63) is 0 Å². The van der Waals surface area contributed by atoms with Crippen molar-refractivity contribution in [2.24, 2.45) is 5.92 Å². The first kappa shape index (κ1) is 13.8. The van der Waals surface area contributed by atoms with Gasteiger partial charge in [0, 0.05) is 19.6 Å². The molecular formula is C12H22N2O3. The van der Waals surface area contributed by atoms with Crippen LogP contribution in [0.3, 0.4) is 0 Å². The molecule has 1 saturated heterocycles. The molecule has 1 N–H and O–H groups in total. The van der Waals surface area contributed by atoms with Crippen molar-refractivity contribution in [3.8, 4) is 0 Å². The van der Waals surface area contributed by atoms with Crippen LogP contribution in [0, 0.1) is 5.92 Å². The minimum atomic E-state index is -0.902. The topological polar surface area (TPSA) is 60.9 Å². The van der Waals surface area contributed by atoms with Crippen molar-refractivity contribution in [3.63, 3.8) is 0 Å². The molecule has 17 heavy (non-hydrogen) atoms. The van der Waals surface area contributed by atoms with Gasteiger partial charge in [0.25, 0.3) is 0 Å². The molecule has 1 rings (SSSR count). The number of carboxylic acid groups (broad SMARTS) is 1. The molecule has 1 fully saturated rings. The SMILES string of the molecule is CCC(C)N(C)C(=O)N1CCC(C)C1C(=O)O. The van der Waals surface area contributed by atoms with E-state index in [0.717, 1.165) is 12.8 Å². The zero-order valence-corrected chi connectivity index (χ0v) is 11.0. The number of aliphatic carboxylic acids is 1. The number of hydrogen-bond acceptors (Lipinski definition) is 2. The van der Waals surface area contributed by atoms with Gasteiger partial charge >= 0.3 is 12.0 Å². The van der Waals surface area contributed by atoms with Crippen molar-refractivity contribution in [1.29, 1.82) is 0 Å². The zero-order valence-electron chi connectivity index (χ0n) is 11.0. The van der Waals surface area contributed by atoms with Gasteiger partial charge in [-0.15, -0.1) is 0 Å². The van der Waals surface area contributed by atoms with Crippen molar-refractivity contribution >= 4 is 12.0 Å². The van der Waals surface area contributed by atoms with Gasteiger partial charge in [-0.1, -0.05) is 13.8 Å². The van der Waals surface area contributed by atoms with E-state index in [1.54, 1.807) is 11.9 Å². The summed E-state index contributed by atoms with van der Waals surface area (Å²) in [6, 6.07) is -0.710. The van der Waals surface area contributed by atoms with E-state index in [1.807, 2.05) is 20.8 Å². The van der Waals surface area contributed by atoms with Gasteiger partial charge in [-0.2, -0.15) is 0 Å². The van der Waals surface area contributed by atoms with Crippen LogP contribution in [0.15, 0.2) is 0 Å². The van der Waals surface area contributed by atoms with Gasteiger partial charge in [0.15, 0.2) is 0 Å². The van der Waals surface area contributed by atoms with Crippen molar-refractivity contribution in [2.75, 3.05) is 13.6 Å². The molecule has 0 aliphatic carbocycles. The Morgan fingerprint density at radius 2 is 2.12 bits per heavy atom. The van der Waals surface area contributed by atoms with Crippen molar-refractivity contribution in [1.82, 2.24) is 9.80 Å². The van der Waals surface area contributed by atoms with Crippen molar-refractivity contribution in [2.45, 2.75) is 45.7 Å². The number of likely N-dealkylation sites (tertiary alicyclic amines) is 1.